The van der Waals surface area contributed by atoms with Gasteiger partial charge < -0.3 is 19.7 Å². The first kappa shape index (κ1) is 20.4. The fraction of sp³-hybridized carbons (Fsp3) is 0.391. The van der Waals surface area contributed by atoms with Gasteiger partial charge in [-0.3, -0.25) is 14.3 Å². The van der Waals surface area contributed by atoms with Gasteiger partial charge in [0.1, 0.15) is 17.4 Å². The number of hydrogen-bond acceptors (Lipinski definition) is 6. The first-order valence-electron chi connectivity index (χ1n) is 10.7. The Morgan fingerprint density at radius 3 is 2.81 bits per heavy atom. The summed E-state index contributed by atoms with van der Waals surface area (Å²) in [5, 5.41) is 7.43. The second-order valence-electron chi connectivity index (χ2n) is 8.72. The minimum atomic E-state index is -0.302. The van der Waals surface area contributed by atoms with Crippen molar-refractivity contribution in [2.75, 3.05) is 36.5 Å². The maximum absolute atomic E-state index is 13.1. The molecule has 0 aliphatic carbocycles. The van der Waals surface area contributed by atoms with E-state index >= 15 is 0 Å². The van der Waals surface area contributed by atoms with Crippen molar-refractivity contribution in [1.82, 2.24) is 9.78 Å². The van der Waals surface area contributed by atoms with E-state index in [4.69, 9.17) is 9.47 Å². The topological polar surface area (TPSA) is 98.0 Å². The molecule has 5 rings (SSSR count). The zero-order valence-corrected chi connectivity index (χ0v) is 18.1. The third-order valence-corrected chi connectivity index (χ3v) is 5.72. The third-order valence-electron chi connectivity index (χ3n) is 5.72. The molecule has 32 heavy (non-hydrogen) atoms. The Kier molecular flexibility index (Phi) is 5.05. The normalized spacial score (nSPS) is 21.4. The molecule has 1 fully saturated rings. The number of aliphatic imine (C=N–C) groups is 1. The lowest BCUT2D eigenvalue weighted by Crippen LogP contribution is -2.36. The maximum Gasteiger partial charge on any atom is 0.276 e. The van der Waals surface area contributed by atoms with E-state index in [1.807, 2.05) is 12.1 Å². The van der Waals surface area contributed by atoms with Crippen LogP contribution in [0.25, 0.3) is 0 Å². The predicted octanol–water partition coefficient (Wildman–Crippen LogP) is 2.39. The lowest BCUT2D eigenvalue weighted by Gasteiger charge is -2.31. The van der Waals surface area contributed by atoms with Crippen molar-refractivity contribution >= 4 is 29.4 Å². The van der Waals surface area contributed by atoms with E-state index in [1.54, 1.807) is 23.0 Å². The van der Waals surface area contributed by atoms with Crippen LogP contribution in [-0.4, -0.2) is 59.7 Å². The molecule has 1 N–H and O–H groups in total. The zero-order chi connectivity index (χ0) is 22.3. The summed E-state index contributed by atoms with van der Waals surface area (Å²) in [5.74, 6) is 0.256. The lowest BCUT2D eigenvalue weighted by atomic mass is 10.0. The number of morpholine rings is 1. The Bertz CT molecular complexity index is 1110. The van der Waals surface area contributed by atoms with Gasteiger partial charge in [-0.2, -0.15) is 5.10 Å². The van der Waals surface area contributed by atoms with Gasteiger partial charge in [0.05, 0.1) is 24.6 Å². The second kappa shape index (κ2) is 7.90. The number of allylic oxidation sites excluding steroid dienone is 1. The Balaban J connectivity index is 1.41. The van der Waals surface area contributed by atoms with Gasteiger partial charge in [-0.1, -0.05) is 0 Å². The van der Waals surface area contributed by atoms with Crippen molar-refractivity contribution in [3.05, 3.63) is 47.8 Å². The second-order valence-corrected chi connectivity index (χ2v) is 8.72. The molecule has 1 aromatic heterocycles. The molecular weight excluding hydrogens is 410 g/mol. The van der Waals surface area contributed by atoms with Gasteiger partial charge in [0.15, 0.2) is 5.69 Å². The monoisotopic (exact) mass is 435 g/mol. The molecule has 1 aromatic carbocycles. The SMILES string of the molecule is CC1(C)Cc2cc(NC(=O)c3ccn(C4C=CC(=O)N=C4)n3)c(N3CCOCC3)cc2O1. The first-order valence-corrected chi connectivity index (χ1v) is 10.7. The third kappa shape index (κ3) is 4.03. The van der Waals surface area contributed by atoms with Crippen LogP contribution in [0.15, 0.2) is 41.5 Å². The van der Waals surface area contributed by atoms with Crippen molar-refractivity contribution in [2.24, 2.45) is 4.99 Å². The van der Waals surface area contributed by atoms with Crippen LogP contribution in [-0.2, 0) is 16.0 Å². The van der Waals surface area contributed by atoms with E-state index in [9.17, 15) is 9.59 Å². The fourth-order valence-electron chi connectivity index (χ4n) is 4.20. The highest BCUT2D eigenvalue weighted by molar-refractivity contribution is 6.05. The van der Waals surface area contributed by atoms with Crippen LogP contribution in [0.5, 0.6) is 5.75 Å². The van der Waals surface area contributed by atoms with Crippen molar-refractivity contribution in [3.8, 4) is 5.75 Å². The summed E-state index contributed by atoms with van der Waals surface area (Å²) in [7, 11) is 0. The van der Waals surface area contributed by atoms with Crippen LogP contribution in [0.2, 0.25) is 0 Å². The van der Waals surface area contributed by atoms with E-state index in [0.29, 0.717) is 13.2 Å². The predicted molar refractivity (Wildman–Crippen MR) is 120 cm³/mol. The van der Waals surface area contributed by atoms with E-state index in [2.05, 4.69) is 34.2 Å². The molecule has 166 valence electrons. The highest BCUT2D eigenvalue weighted by atomic mass is 16.5. The molecule has 3 aliphatic rings. The molecule has 3 aliphatic heterocycles. The summed E-state index contributed by atoms with van der Waals surface area (Å²) in [6.45, 7) is 6.88. The van der Waals surface area contributed by atoms with E-state index in [1.165, 1.54) is 12.3 Å². The molecular formula is C23H25N5O4. The maximum atomic E-state index is 13.1. The van der Waals surface area contributed by atoms with Crippen LogP contribution in [0.3, 0.4) is 0 Å². The van der Waals surface area contributed by atoms with Crippen LogP contribution in [0, 0.1) is 0 Å². The first-order chi connectivity index (χ1) is 15.4. The molecule has 0 bridgehead atoms. The molecule has 0 saturated carbocycles. The van der Waals surface area contributed by atoms with E-state index in [-0.39, 0.29) is 29.2 Å². The number of amides is 2. The molecule has 9 nitrogen and oxygen atoms in total. The van der Waals surface area contributed by atoms with Crippen molar-refractivity contribution in [1.29, 1.82) is 0 Å². The molecule has 1 unspecified atom stereocenters. The van der Waals surface area contributed by atoms with E-state index < -0.39 is 0 Å². The number of carbonyl (C=O) groups excluding carboxylic acids is 2. The summed E-state index contributed by atoms with van der Waals surface area (Å²) in [5.41, 5.74) is 2.73. The van der Waals surface area contributed by atoms with Crippen molar-refractivity contribution in [2.45, 2.75) is 31.9 Å². The molecule has 2 amide bonds. The average molecular weight is 435 g/mol. The molecule has 1 atom stereocenters. The number of nitrogens with zero attached hydrogens (tertiary/aromatic N) is 4. The van der Waals surface area contributed by atoms with Crippen molar-refractivity contribution < 1.29 is 19.1 Å². The molecule has 1 saturated heterocycles. The minimum Gasteiger partial charge on any atom is -0.487 e. The Labute approximate surface area is 185 Å². The average Bonchev–Trinajstić information content (AvgIpc) is 3.37. The summed E-state index contributed by atoms with van der Waals surface area (Å²) in [6.07, 6.45) is 7.08. The summed E-state index contributed by atoms with van der Waals surface area (Å²) in [6, 6.07) is 5.38. The summed E-state index contributed by atoms with van der Waals surface area (Å²) in [4.78, 5) is 30.3. The van der Waals surface area contributed by atoms with Crippen molar-refractivity contribution in [3.63, 3.8) is 0 Å². The standard InChI is InChI=1S/C23H25N5O4/c1-23(2)13-15-11-18(19(12-20(15)32-23)27-7-9-31-10-8-27)25-22(30)17-5-6-28(26-17)16-3-4-21(29)24-14-16/h3-6,11-12,14,16H,7-10,13H2,1-2H3,(H,25,30). The number of anilines is 2. The van der Waals surface area contributed by atoms with Gasteiger partial charge in [0, 0.05) is 49.6 Å². The molecule has 0 spiro atoms. The minimum absolute atomic E-state index is 0.275. The fourth-order valence-corrected chi connectivity index (χ4v) is 4.20. The van der Waals surface area contributed by atoms with Gasteiger partial charge in [0.25, 0.3) is 11.8 Å². The van der Waals surface area contributed by atoms with Gasteiger partial charge >= 0.3 is 0 Å². The summed E-state index contributed by atoms with van der Waals surface area (Å²) >= 11 is 0. The highest BCUT2D eigenvalue weighted by Crippen LogP contribution is 2.41. The Morgan fingerprint density at radius 2 is 2.06 bits per heavy atom. The smallest absolute Gasteiger partial charge is 0.276 e. The Hall–Kier alpha value is -3.46. The number of carbonyl (C=O) groups is 2. The molecule has 9 heteroatoms. The number of dihydropyridines is 1. The lowest BCUT2D eigenvalue weighted by molar-refractivity contribution is -0.113. The summed E-state index contributed by atoms with van der Waals surface area (Å²) < 4.78 is 13.2. The number of nitrogens with one attached hydrogen (secondary N) is 1. The molecule has 0 radical (unpaired) electrons. The van der Waals surface area contributed by atoms with Crippen LogP contribution < -0.4 is 15.0 Å². The molecule has 4 heterocycles. The highest BCUT2D eigenvalue weighted by Gasteiger charge is 2.32. The largest absolute Gasteiger partial charge is 0.487 e. The number of rotatable bonds is 4. The zero-order valence-electron chi connectivity index (χ0n) is 18.1. The number of hydrogen-bond donors (Lipinski definition) is 1. The van der Waals surface area contributed by atoms with Gasteiger partial charge in [-0.25, -0.2) is 4.99 Å². The number of benzene rings is 1. The van der Waals surface area contributed by atoms with Crippen LogP contribution >= 0.6 is 0 Å². The van der Waals surface area contributed by atoms with Gasteiger partial charge in [-0.15, -0.1) is 0 Å². The Morgan fingerprint density at radius 1 is 1.25 bits per heavy atom. The quantitative estimate of drug-likeness (QED) is 0.792. The van der Waals surface area contributed by atoms with Gasteiger partial charge in [-0.05, 0) is 32.1 Å². The number of fused-ring (bicyclic) bond motifs is 1. The van der Waals surface area contributed by atoms with E-state index in [0.717, 1.165) is 42.2 Å². The van der Waals surface area contributed by atoms with Gasteiger partial charge in [0.2, 0.25) is 0 Å². The number of ether oxygens (including phenoxy) is 2. The molecule has 2 aromatic rings. The number of aromatic nitrogens is 2. The van der Waals surface area contributed by atoms with Crippen LogP contribution in [0.4, 0.5) is 11.4 Å². The van der Waals surface area contributed by atoms with Crippen LogP contribution in [0.1, 0.15) is 35.9 Å².